The molecule has 0 atom stereocenters. The van der Waals surface area contributed by atoms with E-state index < -0.39 is 0 Å². The van der Waals surface area contributed by atoms with Crippen molar-refractivity contribution in [2.24, 2.45) is 0 Å². The minimum Gasteiger partial charge on any atom is -0.318 e. The SMILES string of the molecule is Cc1ccc(CN2C(=O)S/C(=C\c3cc(C)n(-c4ccc(-c5ccccc5)cc4)c3C)C2=O)cc1. The lowest BCUT2D eigenvalue weighted by molar-refractivity contribution is -0.123. The van der Waals surface area contributed by atoms with Crippen LogP contribution in [0.15, 0.2) is 89.8 Å². The number of aryl methyl sites for hydroxylation is 2. The second-order valence-electron chi connectivity index (χ2n) is 8.83. The predicted molar refractivity (Wildman–Crippen MR) is 143 cm³/mol. The first-order valence-electron chi connectivity index (χ1n) is 11.6. The summed E-state index contributed by atoms with van der Waals surface area (Å²) in [6, 6.07) is 28.7. The molecule has 174 valence electrons. The summed E-state index contributed by atoms with van der Waals surface area (Å²) >= 11 is 1.01. The third-order valence-corrected chi connectivity index (χ3v) is 7.23. The summed E-state index contributed by atoms with van der Waals surface area (Å²) < 4.78 is 2.18. The Balaban J connectivity index is 1.40. The van der Waals surface area contributed by atoms with E-state index in [-0.39, 0.29) is 17.7 Å². The van der Waals surface area contributed by atoms with Gasteiger partial charge in [-0.05, 0) is 79.1 Å². The number of amides is 2. The molecule has 0 spiro atoms. The summed E-state index contributed by atoms with van der Waals surface area (Å²) in [4.78, 5) is 27.4. The van der Waals surface area contributed by atoms with Crippen molar-refractivity contribution < 1.29 is 9.59 Å². The van der Waals surface area contributed by atoms with Crippen LogP contribution >= 0.6 is 11.8 Å². The predicted octanol–water partition coefficient (Wildman–Crippen LogP) is 7.31. The maximum atomic E-state index is 13.0. The van der Waals surface area contributed by atoms with Gasteiger partial charge in [0.05, 0.1) is 11.4 Å². The molecular formula is C30H26N2O2S. The van der Waals surface area contributed by atoms with Gasteiger partial charge in [0.15, 0.2) is 0 Å². The summed E-state index contributed by atoms with van der Waals surface area (Å²) in [5.41, 5.74) is 8.54. The highest BCUT2D eigenvalue weighted by atomic mass is 32.2. The number of rotatable bonds is 5. The maximum Gasteiger partial charge on any atom is 0.293 e. The molecule has 2 amide bonds. The highest BCUT2D eigenvalue weighted by Crippen LogP contribution is 2.35. The van der Waals surface area contributed by atoms with Gasteiger partial charge in [-0.3, -0.25) is 14.5 Å². The van der Waals surface area contributed by atoms with E-state index in [1.54, 1.807) is 0 Å². The molecule has 1 fully saturated rings. The number of carbonyl (C=O) groups excluding carboxylic acids is 2. The third kappa shape index (κ3) is 4.60. The maximum absolute atomic E-state index is 13.0. The van der Waals surface area contributed by atoms with Gasteiger partial charge in [0, 0.05) is 17.1 Å². The molecule has 4 aromatic rings. The van der Waals surface area contributed by atoms with E-state index in [2.05, 4.69) is 54.0 Å². The molecule has 0 N–H and O–H groups in total. The monoisotopic (exact) mass is 478 g/mol. The van der Waals surface area contributed by atoms with Gasteiger partial charge >= 0.3 is 0 Å². The van der Waals surface area contributed by atoms with Crippen LogP contribution in [0, 0.1) is 20.8 Å². The zero-order valence-corrected chi connectivity index (χ0v) is 20.8. The first-order chi connectivity index (χ1) is 16.9. The Morgan fingerprint density at radius 1 is 0.800 bits per heavy atom. The van der Waals surface area contributed by atoms with Gasteiger partial charge in [-0.2, -0.15) is 0 Å². The van der Waals surface area contributed by atoms with Crippen molar-refractivity contribution in [3.05, 3.63) is 118 Å². The van der Waals surface area contributed by atoms with Gasteiger partial charge in [0.25, 0.3) is 11.1 Å². The van der Waals surface area contributed by atoms with Crippen molar-refractivity contribution in [1.82, 2.24) is 9.47 Å². The van der Waals surface area contributed by atoms with E-state index in [1.165, 1.54) is 16.0 Å². The van der Waals surface area contributed by atoms with Crippen LogP contribution < -0.4 is 0 Å². The van der Waals surface area contributed by atoms with E-state index >= 15 is 0 Å². The van der Waals surface area contributed by atoms with Crippen molar-refractivity contribution in [1.29, 1.82) is 0 Å². The number of thioether (sulfide) groups is 1. The Morgan fingerprint density at radius 3 is 2.14 bits per heavy atom. The molecule has 1 saturated heterocycles. The molecule has 1 aliphatic rings. The van der Waals surface area contributed by atoms with Crippen molar-refractivity contribution in [2.75, 3.05) is 0 Å². The molecule has 3 aromatic carbocycles. The molecule has 4 nitrogen and oxygen atoms in total. The fourth-order valence-electron chi connectivity index (χ4n) is 4.42. The Hall–Kier alpha value is -3.83. The van der Waals surface area contributed by atoms with Crippen molar-refractivity contribution in [2.45, 2.75) is 27.3 Å². The van der Waals surface area contributed by atoms with Crippen molar-refractivity contribution in [3.63, 3.8) is 0 Å². The number of hydrogen-bond donors (Lipinski definition) is 0. The lowest BCUT2D eigenvalue weighted by Gasteiger charge is -2.12. The quantitative estimate of drug-likeness (QED) is 0.283. The molecule has 0 aliphatic carbocycles. The van der Waals surface area contributed by atoms with Gasteiger partial charge in [-0.25, -0.2) is 0 Å². The molecule has 35 heavy (non-hydrogen) atoms. The molecular weight excluding hydrogens is 452 g/mol. The smallest absolute Gasteiger partial charge is 0.293 e. The van der Waals surface area contributed by atoms with Crippen LogP contribution in [0.2, 0.25) is 0 Å². The van der Waals surface area contributed by atoms with Gasteiger partial charge in [-0.15, -0.1) is 0 Å². The molecule has 0 bridgehead atoms. The molecule has 0 unspecified atom stereocenters. The van der Waals surface area contributed by atoms with Crippen LogP contribution in [0.3, 0.4) is 0 Å². The Kier molecular flexibility index (Phi) is 6.18. The van der Waals surface area contributed by atoms with Crippen LogP contribution in [0.1, 0.15) is 28.1 Å². The minimum absolute atomic E-state index is 0.230. The standard InChI is InChI=1S/C30H26N2O2S/c1-20-9-11-23(12-10-20)19-31-29(33)28(35-30(31)34)18-26-17-21(2)32(22(26)3)27-15-13-25(14-16-27)24-7-5-4-6-8-24/h4-18H,19H2,1-3H3/b28-18-. The topological polar surface area (TPSA) is 42.3 Å². The summed E-state index contributed by atoms with van der Waals surface area (Å²) in [7, 11) is 0. The van der Waals surface area contributed by atoms with E-state index in [0.717, 1.165) is 45.5 Å². The average Bonchev–Trinajstić information content (AvgIpc) is 3.30. The lowest BCUT2D eigenvalue weighted by atomic mass is 10.1. The second kappa shape index (κ2) is 9.43. The van der Waals surface area contributed by atoms with Crippen LogP contribution in [0.25, 0.3) is 22.9 Å². The molecule has 5 heteroatoms. The van der Waals surface area contributed by atoms with Gasteiger partial charge in [0.1, 0.15) is 0 Å². The average molecular weight is 479 g/mol. The zero-order chi connectivity index (χ0) is 24.5. The molecule has 0 radical (unpaired) electrons. The van der Waals surface area contributed by atoms with Crippen LogP contribution in [-0.2, 0) is 11.3 Å². The molecule has 1 aliphatic heterocycles. The lowest BCUT2D eigenvalue weighted by Crippen LogP contribution is -2.27. The number of nitrogens with zero attached hydrogens (tertiary/aromatic N) is 2. The molecule has 1 aromatic heterocycles. The fraction of sp³-hybridized carbons (Fsp3) is 0.133. The second-order valence-corrected chi connectivity index (χ2v) is 9.82. The van der Waals surface area contributed by atoms with Crippen molar-refractivity contribution in [3.8, 4) is 16.8 Å². The van der Waals surface area contributed by atoms with E-state index in [9.17, 15) is 9.59 Å². The highest BCUT2D eigenvalue weighted by molar-refractivity contribution is 8.18. The van der Waals surface area contributed by atoms with Gasteiger partial charge < -0.3 is 4.57 Å². The molecule has 0 saturated carbocycles. The highest BCUT2D eigenvalue weighted by Gasteiger charge is 2.35. The first kappa shape index (κ1) is 22.9. The van der Waals surface area contributed by atoms with E-state index in [0.29, 0.717) is 4.91 Å². The summed E-state index contributed by atoms with van der Waals surface area (Å²) in [6.45, 7) is 6.40. The van der Waals surface area contributed by atoms with Gasteiger partial charge in [-0.1, -0.05) is 72.3 Å². The first-order valence-corrected chi connectivity index (χ1v) is 12.4. The Labute approximate surface area is 209 Å². The fourth-order valence-corrected chi connectivity index (χ4v) is 5.25. The normalized spacial score (nSPS) is 14.8. The van der Waals surface area contributed by atoms with Crippen LogP contribution in [0.4, 0.5) is 4.79 Å². The van der Waals surface area contributed by atoms with E-state index in [4.69, 9.17) is 0 Å². The third-order valence-electron chi connectivity index (χ3n) is 6.32. The summed E-state index contributed by atoms with van der Waals surface area (Å²) in [5, 5.41) is -0.230. The Bertz CT molecular complexity index is 1430. The number of imide groups is 1. The largest absolute Gasteiger partial charge is 0.318 e. The van der Waals surface area contributed by atoms with Gasteiger partial charge in [0.2, 0.25) is 0 Å². The van der Waals surface area contributed by atoms with Crippen molar-refractivity contribution >= 4 is 29.0 Å². The van der Waals surface area contributed by atoms with E-state index in [1.807, 2.05) is 62.4 Å². The minimum atomic E-state index is -0.238. The number of benzene rings is 3. The summed E-state index contributed by atoms with van der Waals surface area (Å²) in [5.74, 6) is -0.238. The number of carbonyl (C=O) groups is 2. The molecule has 2 heterocycles. The molecule has 5 rings (SSSR count). The van der Waals surface area contributed by atoms with Crippen LogP contribution in [0.5, 0.6) is 0 Å². The zero-order valence-electron chi connectivity index (χ0n) is 20.0. The number of hydrogen-bond acceptors (Lipinski definition) is 3. The summed E-state index contributed by atoms with van der Waals surface area (Å²) in [6.07, 6.45) is 1.84. The Morgan fingerprint density at radius 2 is 1.46 bits per heavy atom. The number of aromatic nitrogens is 1. The van der Waals surface area contributed by atoms with Crippen LogP contribution in [-0.4, -0.2) is 20.6 Å².